The summed E-state index contributed by atoms with van der Waals surface area (Å²) >= 11 is 0. The van der Waals surface area contributed by atoms with Crippen molar-refractivity contribution in [3.63, 3.8) is 0 Å². The first-order valence-corrected chi connectivity index (χ1v) is 12.1. The lowest BCUT2D eigenvalue weighted by Gasteiger charge is -2.30. The summed E-state index contributed by atoms with van der Waals surface area (Å²) in [6, 6.07) is 13.3. The number of para-hydroxylation sites is 1. The number of nitrogens with one attached hydrogen (secondary N) is 1. The number of methoxy groups -OCH3 is 1. The number of phenols is 1. The van der Waals surface area contributed by atoms with Crippen LogP contribution in [0.15, 0.2) is 60.9 Å². The van der Waals surface area contributed by atoms with E-state index in [4.69, 9.17) is 4.74 Å². The van der Waals surface area contributed by atoms with Crippen LogP contribution in [0.5, 0.6) is 11.5 Å². The van der Waals surface area contributed by atoms with Gasteiger partial charge in [0.05, 0.1) is 23.6 Å². The van der Waals surface area contributed by atoms with Crippen LogP contribution in [0.2, 0.25) is 0 Å². The van der Waals surface area contributed by atoms with E-state index in [1.165, 1.54) is 23.7 Å². The van der Waals surface area contributed by atoms with Crippen molar-refractivity contribution in [3.05, 3.63) is 66.5 Å². The monoisotopic (exact) mass is 473 g/mol. The number of amides is 1. The zero-order chi connectivity index (χ0) is 24.2. The van der Waals surface area contributed by atoms with Gasteiger partial charge in [-0.2, -0.15) is 5.10 Å². The molecule has 0 radical (unpaired) electrons. The summed E-state index contributed by atoms with van der Waals surface area (Å²) in [6.07, 6.45) is 2.76. The molecule has 10 heteroatoms. The average molecular weight is 474 g/mol. The predicted molar refractivity (Wildman–Crippen MR) is 124 cm³/mol. The van der Waals surface area contributed by atoms with Gasteiger partial charge in [-0.25, -0.2) is 13.1 Å². The van der Waals surface area contributed by atoms with Crippen LogP contribution in [0.1, 0.15) is 29.9 Å². The molecule has 0 bridgehead atoms. The number of sulfone groups is 1. The van der Waals surface area contributed by atoms with Crippen molar-refractivity contribution in [2.45, 2.75) is 24.3 Å². The van der Waals surface area contributed by atoms with Crippen molar-refractivity contribution in [2.24, 2.45) is 0 Å². The van der Waals surface area contributed by atoms with Gasteiger partial charge in [-0.3, -0.25) is 4.79 Å². The van der Waals surface area contributed by atoms with Gasteiger partial charge in [0.1, 0.15) is 17.7 Å². The van der Waals surface area contributed by atoms with E-state index in [-0.39, 0.29) is 24.3 Å². The average Bonchev–Trinajstić information content (AvgIpc) is 3.28. The lowest BCUT2D eigenvalue weighted by molar-refractivity contribution is 0.0689. The van der Waals surface area contributed by atoms with E-state index in [0.29, 0.717) is 5.75 Å². The number of aromatic hydroxyl groups is 1. The lowest BCUT2D eigenvalue weighted by atomic mass is 10.1. The van der Waals surface area contributed by atoms with Crippen LogP contribution >= 0.6 is 0 Å². The summed E-state index contributed by atoms with van der Waals surface area (Å²) in [5.41, 5.74) is 1.58. The van der Waals surface area contributed by atoms with E-state index in [9.17, 15) is 23.4 Å². The molecule has 176 valence electrons. The molecule has 0 saturated carbocycles. The number of aliphatic hydroxyl groups is 1. The van der Waals surface area contributed by atoms with Crippen LogP contribution in [-0.2, 0) is 9.84 Å². The Labute approximate surface area is 192 Å². The number of ether oxygens (including phenoxy) is 1. The number of carbonyl (C=O) groups excluding carboxylic acids is 1. The number of carbonyl (C=O) groups is 1. The third-order valence-electron chi connectivity index (χ3n) is 5.59. The van der Waals surface area contributed by atoms with E-state index in [1.807, 2.05) is 24.3 Å². The summed E-state index contributed by atoms with van der Waals surface area (Å²) in [4.78, 5) is 12.5. The Morgan fingerprint density at radius 2 is 1.94 bits per heavy atom. The zero-order valence-electron chi connectivity index (χ0n) is 18.6. The van der Waals surface area contributed by atoms with Crippen LogP contribution in [-0.4, -0.2) is 59.0 Å². The molecule has 1 amide bonds. The molecular weight excluding hydrogens is 446 g/mol. The molecule has 3 N–H and O–H groups in total. The van der Waals surface area contributed by atoms with Gasteiger partial charge in [0.25, 0.3) is 5.91 Å². The number of phenolic OH excluding ortho intramolecular Hbond substituents is 1. The Morgan fingerprint density at radius 3 is 2.61 bits per heavy atom. The first kappa shape index (κ1) is 24.3. The van der Waals surface area contributed by atoms with Crippen LogP contribution in [0.4, 0.5) is 0 Å². The molecule has 3 aromatic rings. The molecule has 0 aliphatic rings. The van der Waals surface area contributed by atoms with E-state index in [1.54, 1.807) is 31.6 Å². The molecule has 1 aromatic heterocycles. The minimum atomic E-state index is -3.70. The Kier molecular flexibility index (Phi) is 7.09. The quantitative estimate of drug-likeness (QED) is 0.435. The van der Waals surface area contributed by atoms with Crippen LogP contribution < -0.4 is 10.1 Å². The van der Waals surface area contributed by atoms with Gasteiger partial charge < -0.3 is 20.3 Å². The number of benzene rings is 2. The maximum atomic E-state index is 12.6. The fourth-order valence-corrected chi connectivity index (χ4v) is 4.10. The minimum absolute atomic E-state index is 0.0314. The molecule has 0 spiro atoms. The molecule has 0 aliphatic heterocycles. The van der Waals surface area contributed by atoms with Gasteiger partial charge in [0.2, 0.25) is 0 Å². The van der Waals surface area contributed by atoms with Gasteiger partial charge in [-0.15, -0.1) is 0 Å². The topological polar surface area (TPSA) is 131 Å². The highest BCUT2D eigenvalue weighted by atomic mass is 32.2. The van der Waals surface area contributed by atoms with Crippen LogP contribution in [0.3, 0.4) is 0 Å². The third-order valence-corrected chi connectivity index (χ3v) is 7.69. The van der Waals surface area contributed by atoms with Crippen molar-refractivity contribution in [2.75, 3.05) is 19.9 Å². The number of aliphatic hydroxyl groups excluding tert-OH is 1. The molecule has 9 nitrogen and oxygen atoms in total. The zero-order valence-corrected chi connectivity index (χ0v) is 19.4. The molecule has 0 fully saturated rings. The fourth-order valence-electron chi connectivity index (χ4n) is 3.32. The van der Waals surface area contributed by atoms with Crippen molar-refractivity contribution in [3.8, 4) is 22.6 Å². The SMILES string of the molecule is COc1cccc(-c2cnn(C(O)CC(C)(CNC(=O)c3ccccc3O)S(C)(=O)=O)c2)c1. The smallest absolute Gasteiger partial charge is 0.255 e. The highest BCUT2D eigenvalue weighted by molar-refractivity contribution is 7.92. The van der Waals surface area contributed by atoms with Crippen LogP contribution in [0, 0.1) is 0 Å². The minimum Gasteiger partial charge on any atom is -0.507 e. The normalized spacial score (nSPS) is 14.3. The highest BCUT2D eigenvalue weighted by Gasteiger charge is 2.39. The molecule has 2 aromatic carbocycles. The maximum absolute atomic E-state index is 12.6. The third kappa shape index (κ3) is 5.52. The molecule has 33 heavy (non-hydrogen) atoms. The summed E-state index contributed by atoms with van der Waals surface area (Å²) in [7, 11) is -2.14. The Balaban J connectivity index is 1.77. The first-order chi connectivity index (χ1) is 15.5. The van der Waals surface area contributed by atoms with Crippen molar-refractivity contribution >= 4 is 15.7 Å². The van der Waals surface area contributed by atoms with Crippen molar-refractivity contribution in [1.82, 2.24) is 15.1 Å². The highest BCUT2D eigenvalue weighted by Crippen LogP contribution is 2.29. The second-order valence-corrected chi connectivity index (χ2v) is 10.6. The number of nitrogens with zero attached hydrogens (tertiary/aromatic N) is 2. The summed E-state index contributed by atoms with van der Waals surface area (Å²) in [5.74, 6) is -0.153. The van der Waals surface area contributed by atoms with E-state index >= 15 is 0 Å². The standard InChI is InChI=1S/C23H27N3O6S/c1-23(33(3,30)31,15-24-22(29)19-9-4-5-10-20(19)27)12-21(28)26-14-17(13-25-26)16-7-6-8-18(11-16)32-2/h4-11,13-14,21,27-28H,12,15H2,1-3H3,(H,24,29). The van der Waals surface area contributed by atoms with Crippen LogP contribution in [0.25, 0.3) is 11.1 Å². The predicted octanol–water partition coefficient (Wildman–Crippen LogP) is 2.38. The largest absolute Gasteiger partial charge is 0.507 e. The second kappa shape index (κ2) is 9.63. The molecular formula is C23H27N3O6S. The van der Waals surface area contributed by atoms with E-state index < -0.39 is 26.7 Å². The number of aromatic nitrogens is 2. The molecule has 2 atom stereocenters. The van der Waals surface area contributed by atoms with Gasteiger partial charge in [0, 0.05) is 31.0 Å². The maximum Gasteiger partial charge on any atom is 0.255 e. The summed E-state index contributed by atoms with van der Waals surface area (Å²) in [5, 5.41) is 27.4. The molecule has 1 heterocycles. The Hall–Kier alpha value is -3.37. The second-order valence-electron chi connectivity index (χ2n) is 8.05. The molecule has 3 rings (SSSR count). The Bertz CT molecular complexity index is 1240. The molecule has 2 unspecified atom stereocenters. The summed E-state index contributed by atoms with van der Waals surface area (Å²) < 4.78 is 30.2. The summed E-state index contributed by atoms with van der Waals surface area (Å²) in [6.45, 7) is 1.18. The molecule has 0 saturated heterocycles. The number of rotatable bonds is 9. The van der Waals surface area contributed by atoms with Crippen molar-refractivity contribution in [1.29, 1.82) is 0 Å². The van der Waals surface area contributed by atoms with Gasteiger partial charge in [-0.1, -0.05) is 24.3 Å². The molecule has 0 aliphatic carbocycles. The van der Waals surface area contributed by atoms with E-state index in [2.05, 4.69) is 10.4 Å². The Morgan fingerprint density at radius 1 is 1.21 bits per heavy atom. The first-order valence-electron chi connectivity index (χ1n) is 10.2. The number of hydrogen-bond acceptors (Lipinski definition) is 7. The van der Waals surface area contributed by atoms with Crippen molar-refractivity contribution < 1.29 is 28.2 Å². The van der Waals surface area contributed by atoms with Gasteiger partial charge in [-0.05, 0) is 36.8 Å². The van der Waals surface area contributed by atoms with Gasteiger partial charge >= 0.3 is 0 Å². The van der Waals surface area contributed by atoms with Gasteiger partial charge in [0.15, 0.2) is 9.84 Å². The fraction of sp³-hybridized carbons (Fsp3) is 0.304. The van der Waals surface area contributed by atoms with E-state index in [0.717, 1.165) is 17.4 Å². The number of hydrogen-bond donors (Lipinski definition) is 3. The lowest BCUT2D eigenvalue weighted by Crippen LogP contribution is -2.47.